The van der Waals surface area contributed by atoms with Gasteiger partial charge in [-0.25, -0.2) is 4.98 Å². The van der Waals surface area contributed by atoms with Crippen molar-refractivity contribution in [2.45, 2.75) is 5.16 Å². The van der Waals surface area contributed by atoms with Crippen molar-refractivity contribution in [2.24, 2.45) is 0 Å². The third-order valence-corrected chi connectivity index (χ3v) is 4.57. The third kappa shape index (κ3) is 4.54. The van der Waals surface area contributed by atoms with Gasteiger partial charge in [-0.1, -0.05) is 47.1 Å². The van der Waals surface area contributed by atoms with Gasteiger partial charge in [-0.3, -0.25) is 4.79 Å². The molecule has 3 rings (SSSR count). The Morgan fingerprint density at radius 1 is 1.04 bits per heavy atom. The van der Waals surface area contributed by atoms with Crippen LogP contribution in [0.1, 0.15) is 0 Å². The van der Waals surface area contributed by atoms with E-state index in [9.17, 15) is 4.79 Å². The van der Waals surface area contributed by atoms with Gasteiger partial charge in [0.1, 0.15) is 0 Å². The Bertz CT molecular complexity index is 832. The van der Waals surface area contributed by atoms with E-state index in [0.717, 1.165) is 11.3 Å². The molecule has 0 saturated heterocycles. The summed E-state index contributed by atoms with van der Waals surface area (Å²) in [5, 5.41) is 4.81. The number of benzene rings is 2. The highest BCUT2D eigenvalue weighted by atomic mass is 35.5. The van der Waals surface area contributed by atoms with Crippen LogP contribution in [-0.4, -0.2) is 21.6 Å². The summed E-state index contributed by atoms with van der Waals surface area (Å²) in [6.45, 7) is 0. The molecule has 0 unspecified atom stereocenters. The number of thioether (sulfide) groups is 1. The monoisotopic (exact) mass is 377 g/mol. The zero-order valence-electron chi connectivity index (χ0n) is 12.4. The van der Waals surface area contributed by atoms with E-state index in [1.54, 1.807) is 30.5 Å². The Morgan fingerprint density at radius 3 is 2.33 bits per heavy atom. The van der Waals surface area contributed by atoms with Crippen LogP contribution >= 0.6 is 35.0 Å². The van der Waals surface area contributed by atoms with Gasteiger partial charge in [0.2, 0.25) is 5.91 Å². The molecule has 1 heterocycles. The molecule has 7 heteroatoms. The minimum atomic E-state index is -0.105. The Balaban J connectivity index is 1.56. The first-order valence-electron chi connectivity index (χ1n) is 7.09. The summed E-state index contributed by atoms with van der Waals surface area (Å²) in [6, 6.07) is 14.5. The van der Waals surface area contributed by atoms with Crippen LogP contribution in [-0.2, 0) is 4.79 Å². The number of H-pyrrole nitrogens is 1. The van der Waals surface area contributed by atoms with Crippen molar-refractivity contribution in [1.29, 1.82) is 0 Å². The van der Waals surface area contributed by atoms with Crippen molar-refractivity contribution in [3.05, 3.63) is 64.8 Å². The van der Waals surface area contributed by atoms with E-state index in [1.165, 1.54) is 11.8 Å². The van der Waals surface area contributed by atoms with Crippen LogP contribution in [0.4, 0.5) is 5.69 Å². The molecule has 0 spiro atoms. The quantitative estimate of drug-likeness (QED) is 0.607. The minimum Gasteiger partial charge on any atom is -0.333 e. The normalized spacial score (nSPS) is 10.6. The lowest BCUT2D eigenvalue weighted by Crippen LogP contribution is -2.13. The topological polar surface area (TPSA) is 57.8 Å². The molecular formula is C17H13Cl2N3OS. The molecule has 2 aromatic carbocycles. The lowest BCUT2D eigenvalue weighted by molar-refractivity contribution is -0.113. The molecular weight excluding hydrogens is 365 g/mol. The van der Waals surface area contributed by atoms with Gasteiger partial charge in [0.15, 0.2) is 5.16 Å². The van der Waals surface area contributed by atoms with Gasteiger partial charge in [-0.15, -0.1) is 0 Å². The number of imidazole rings is 1. The third-order valence-electron chi connectivity index (χ3n) is 3.18. The van der Waals surface area contributed by atoms with Crippen LogP contribution < -0.4 is 5.32 Å². The second kappa shape index (κ2) is 7.75. The largest absolute Gasteiger partial charge is 0.333 e. The van der Waals surface area contributed by atoms with Crippen LogP contribution in [0.15, 0.2) is 59.9 Å². The summed E-state index contributed by atoms with van der Waals surface area (Å²) in [4.78, 5) is 19.4. The van der Waals surface area contributed by atoms with E-state index >= 15 is 0 Å². The maximum atomic E-state index is 12.0. The highest BCUT2D eigenvalue weighted by Gasteiger charge is 2.08. The molecule has 24 heavy (non-hydrogen) atoms. The predicted molar refractivity (Wildman–Crippen MR) is 99.8 cm³/mol. The summed E-state index contributed by atoms with van der Waals surface area (Å²) in [5.74, 6) is 0.155. The molecule has 0 aliphatic rings. The molecule has 0 aliphatic heterocycles. The number of aromatic nitrogens is 2. The van der Waals surface area contributed by atoms with Crippen LogP contribution in [0, 0.1) is 0 Å². The van der Waals surface area contributed by atoms with Gasteiger partial charge >= 0.3 is 0 Å². The number of nitrogens with one attached hydrogen (secondary N) is 2. The zero-order valence-corrected chi connectivity index (χ0v) is 14.8. The lowest BCUT2D eigenvalue weighted by atomic mass is 10.2. The fourth-order valence-electron chi connectivity index (χ4n) is 2.02. The second-order valence-electron chi connectivity index (χ2n) is 4.95. The average Bonchev–Trinajstić information content (AvgIpc) is 3.05. The van der Waals surface area contributed by atoms with Crippen LogP contribution in [0.25, 0.3) is 11.3 Å². The first-order chi connectivity index (χ1) is 11.6. The van der Waals surface area contributed by atoms with Crippen molar-refractivity contribution < 1.29 is 4.79 Å². The first-order valence-corrected chi connectivity index (χ1v) is 8.83. The molecule has 0 saturated carbocycles. The van der Waals surface area contributed by atoms with Crippen molar-refractivity contribution in [3.8, 4) is 11.3 Å². The van der Waals surface area contributed by atoms with Crippen LogP contribution in [0.5, 0.6) is 0 Å². The molecule has 0 fully saturated rings. The highest BCUT2D eigenvalue weighted by Crippen LogP contribution is 2.23. The van der Waals surface area contributed by atoms with E-state index in [1.807, 2.05) is 24.3 Å². The number of nitrogens with zero attached hydrogens (tertiary/aromatic N) is 1. The first kappa shape index (κ1) is 16.9. The van der Waals surface area contributed by atoms with Crippen LogP contribution in [0.3, 0.4) is 0 Å². The van der Waals surface area contributed by atoms with Gasteiger partial charge in [0, 0.05) is 15.7 Å². The van der Waals surface area contributed by atoms with E-state index in [4.69, 9.17) is 23.2 Å². The van der Waals surface area contributed by atoms with Gasteiger partial charge in [0.05, 0.1) is 17.6 Å². The fourth-order valence-corrected chi connectivity index (χ4v) is 2.92. The molecule has 122 valence electrons. The molecule has 4 nitrogen and oxygen atoms in total. The van der Waals surface area contributed by atoms with E-state index in [2.05, 4.69) is 15.3 Å². The fraction of sp³-hybridized carbons (Fsp3) is 0.0588. The molecule has 2 N–H and O–H groups in total. The number of carbonyl (C=O) groups excluding carboxylic acids is 1. The maximum Gasteiger partial charge on any atom is 0.234 e. The smallest absolute Gasteiger partial charge is 0.234 e. The van der Waals surface area contributed by atoms with Gasteiger partial charge in [-0.05, 0) is 42.0 Å². The summed E-state index contributed by atoms with van der Waals surface area (Å²) < 4.78 is 0. The standard InChI is InChI=1S/C17H13Cl2N3OS/c18-12-3-1-11(2-4-12)15-9-20-17(22-15)24-10-16(23)21-14-7-5-13(19)6-8-14/h1-9H,10H2,(H,20,22)(H,21,23). The van der Waals surface area contributed by atoms with Gasteiger partial charge in [0.25, 0.3) is 0 Å². The van der Waals surface area contributed by atoms with Crippen molar-refractivity contribution in [1.82, 2.24) is 9.97 Å². The summed E-state index contributed by atoms with van der Waals surface area (Å²) >= 11 is 13.0. The number of halogens is 2. The summed E-state index contributed by atoms with van der Waals surface area (Å²) in [6.07, 6.45) is 1.74. The second-order valence-corrected chi connectivity index (χ2v) is 6.79. The number of rotatable bonds is 5. The number of anilines is 1. The van der Waals surface area contributed by atoms with Gasteiger partial charge < -0.3 is 10.3 Å². The highest BCUT2D eigenvalue weighted by molar-refractivity contribution is 7.99. The Hall–Kier alpha value is -1.95. The average molecular weight is 378 g/mol. The van der Waals surface area contributed by atoms with E-state index in [-0.39, 0.29) is 11.7 Å². The summed E-state index contributed by atoms with van der Waals surface area (Å²) in [7, 11) is 0. The minimum absolute atomic E-state index is 0.105. The maximum absolute atomic E-state index is 12.0. The number of carbonyl (C=O) groups is 1. The molecule has 0 radical (unpaired) electrons. The number of hydrogen-bond donors (Lipinski definition) is 2. The lowest BCUT2D eigenvalue weighted by Gasteiger charge is -2.04. The molecule has 0 bridgehead atoms. The summed E-state index contributed by atoms with van der Waals surface area (Å²) in [5.41, 5.74) is 2.59. The van der Waals surface area contributed by atoms with E-state index in [0.29, 0.717) is 20.9 Å². The number of hydrogen-bond acceptors (Lipinski definition) is 3. The Kier molecular flexibility index (Phi) is 5.45. The molecule has 3 aromatic rings. The van der Waals surface area contributed by atoms with Crippen molar-refractivity contribution >= 4 is 46.6 Å². The molecule has 1 aromatic heterocycles. The Morgan fingerprint density at radius 2 is 1.67 bits per heavy atom. The molecule has 1 amide bonds. The van der Waals surface area contributed by atoms with Gasteiger partial charge in [-0.2, -0.15) is 0 Å². The Labute approximate surface area is 153 Å². The molecule has 0 aliphatic carbocycles. The molecule has 0 atom stereocenters. The predicted octanol–water partition coefficient (Wildman–Crippen LogP) is 5.11. The van der Waals surface area contributed by atoms with Crippen molar-refractivity contribution in [3.63, 3.8) is 0 Å². The zero-order chi connectivity index (χ0) is 16.9. The number of amides is 1. The van der Waals surface area contributed by atoms with Crippen molar-refractivity contribution in [2.75, 3.05) is 11.1 Å². The SMILES string of the molecule is O=C(CSc1ncc(-c2ccc(Cl)cc2)[nH]1)Nc1ccc(Cl)cc1. The van der Waals surface area contributed by atoms with E-state index < -0.39 is 0 Å². The van der Waals surface area contributed by atoms with Crippen LogP contribution in [0.2, 0.25) is 10.0 Å². The number of aromatic amines is 1.